The number of ether oxygens (including phenoxy) is 2. The number of rotatable bonds is 9. The average molecular weight is 487 g/mol. The lowest BCUT2D eigenvalue weighted by Crippen LogP contribution is -2.26. The fraction of sp³-hybridized carbons (Fsp3) is 0.259. The summed E-state index contributed by atoms with van der Waals surface area (Å²) in [6, 6.07) is 15.1. The van der Waals surface area contributed by atoms with Gasteiger partial charge in [0.25, 0.3) is 5.91 Å². The number of amides is 1. The molecule has 2 aromatic carbocycles. The zero-order chi connectivity index (χ0) is 25.5. The van der Waals surface area contributed by atoms with Gasteiger partial charge in [-0.25, -0.2) is 9.97 Å². The van der Waals surface area contributed by atoms with Crippen molar-refractivity contribution < 1.29 is 14.3 Å². The van der Waals surface area contributed by atoms with Gasteiger partial charge in [0.05, 0.1) is 30.8 Å². The van der Waals surface area contributed by atoms with Crippen molar-refractivity contribution in [3.8, 4) is 5.75 Å². The molecule has 4 N–H and O–H groups in total. The van der Waals surface area contributed by atoms with Crippen molar-refractivity contribution in [3.63, 3.8) is 0 Å². The monoisotopic (exact) mass is 486 g/mol. The lowest BCUT2D eigenvalue weighted by molar-refractivity contribution is 0.0937. The van der Waals surface area contributed by atoms with Crippen LogP contribution in [0.4, 0.5) is 11.6 Å². The first-order valence-corrected chi connectivity index (χ1v) is 11.7. The predicted molar refractivity (Wildman–Crippen MR) is 141 cm³/mol. The maximum atomic E-state index is 12.4. The van der Waals surface area contributed by atoms with Crippen LogP contribution in [0.3, 0.4) is 0 Å². The van der Waals surface area contributed by atoms with Gasteiger partial charge < -0.3 is 30.8 Å². The number of benzene rings is 2. The van der Waals surface area contributed by atoms with Gasteiger partial charge in [0, 0.05) is 43.7 Å². The van der Waals surface area contributed by atoms with Crippen LogP contribution >= 0.6 is 0 Å². The van der Waals surface area contributed by atoms with E-state index in [-0.39, 0.29) is 5.91 Å². The number of hydrogen-bond donors (Lipinski definition) is 4. The Kier molecular flexibility index (Phi) is 7.92. The molecular weight excluding hydrogens is 456 g/mol. The third-order valence-corrected chi connectivity index (χ3v) is 5.91. The van der Waals surface area contributed by atoms with Crippen LogP contribution in [-0.2, 0) is 11.2 Å². The number of carbonyl (C=O) groups excluding carboxylic acids is 1. The minimum absolute atomic E-state index is 0.212. The van der Waals surface area contributed by atoms with E-state index in [2.05, 4.69) is 20.9 Å². The molecule has 36 heavy (non-hydrogen) atoms. The molecule has 1 aromatic heterocycles. The second-order valence-electron chi connectivity index (χ2n) is 8.20. The fourth-order valence-corrected chi connectivity index (χ4v) is 4.11. The molecule has 0 atom stereocenters. The zero-order valence-corrected chi connectivity index (χ0v) is 20.6. The van der Waals surface area contributed by atoms with Crippen LogP contribution in [-0.4, -0.2) is 56.0 Å². The van der Waals surface area contributed by atoms with E-state index in [1.165, 1.54) is 0 Å². The second kappa shape index (κ2) is 11.5. The highest BCUT2D eigenvalue weighted by Crippen LogP contribution is 2.34. The van der Waals surface area contributed by atoms with Crippen molar-refractivity contribution in [3.05, 3.63) is 77.1 Å². The molecule has 1 heterocycles. The number of aromatic nitrogens is 2. The summed E-state index contributed by atoms with van der Waals surface area (Å²) in [5.74, 6) is 0.648. The van der Waals surface area contributed by atoms with Crippen LogP contribution in [0.5, 0.6) is 5.75 Å². The van der Waals surface area contributed by atoms with E-state index in [4.69, 9.17) is 19.9 Å². The first kappa shape index (κ1) is 24.9. The topological polar surface area (TPSA) is 121 Å². The van der Waals surface area contributed by atoms with Crippen molar-refractivity contribution in [1.29, 1.82) is 5.41 Å². The molecule has 0 fully saturated rings. The van der Waals surface area contributed by atoms with E-state index in [9.17, 15) is 4.79 Å². The predicted octanol–water partition coefficient (Wildman–Crippen LogP) is 3.66. The van der Waals surface area contributed by atoms with Gasteiger partial charge in [-0.05, 0) is 42.2 Å². The summed E-state index contributed by atoms with van der Waals surface area (Å²) in [7, 11) is 4.98. The van der Waals surface area contributed by atoms with Crippen LogP contribution in [0.25, 0.3) is 11.3 Å². The Hall–Kier alpha value is -4.24. The molecule has 9 heteroatoms. The Balaban J connectivity index is 1.67. The number of nitrogens with zero attached hydrogens (tertiary/aromatic N) is 2. The molecule has 0 saturated carbocycles. The lowest BCUT2D eigenvalue weighted by Gasteiger charge is -2.23. The number of carbonyl (C=O) groups is 1. The normalized spacial score (nSPS) is 14.0. The summed E-state index contributed by atoms with van der Waals surface area (Å²) in [4.78, 5) is 21.7. The first-order chi connectivity index (χ1) is 17.5. The highest BCUT2D eigenvalue weighted by Gasteiger charge is 2.25. The lowest BCUT2D eigenvalue weighted by atomic mass is 9.87. The molecule has 9 nitrogen and oxygen atoms in total. The molecule has 4 rings (SSSR count). The molecule has 1 aliphatic rings. The quantitative estimate of drug-likeness (QED) is 0.341. The molecule has 0 radical (unpaired) electrons. The minimum atomic E-state index is -0.212. The van der Waals surface area contributed by atoms with Gasteiger partial charge in [-0.2, -0.15) is 0 Å². The van der Waals surface area contributed by atoms with Gasteiger partial charge in [-0.15, -0.1) is 0 Å². The van der Waals surface area contributed by atoms with Crippen LogP contribution in [0.15, 0.2) is 54.7 Å². The molecule has 186 valence electrons. The van der Waals surface area contributed by atoms with E-state index in [0.29, 0.717) is 54.7 Å². The maximum Gasteiger partial charge on any atom is 0.251 e. The third-order valence-electron chi connectivity index (χ3n) is 5.91. The van der Waals surface area contributed by atoms with Crippen molar-refractivity contribution in [2.24, 2.45) is 0 Å². The molecular formula is C27H30N6O3. The number of anilines is 2. The minimum Gasteiger partial charge on any atom is -0.495 e. The zero-order valence-electron chi connectivity index (χ0n) is 20.6. The Labute approximate surface area is 210 Å². The number of aryl methyl sites for hydroxylation is 1. The molecule has 0 aliphatic heterocycles. The van der Waals surface area contributed by atoms with Gasteiger partial charge in [-0.1, -0.05) is 30.3 Å². The summed E-state index contributed by atoms with van der Waals surface area (Å²) in [5, 5.41) is 18.0. The van der Waals surface area contributed by atoms with Gasteiger partial charge in [0.2, 0.25) is 5.95 Å². The molecule has 0 bridgehead atoms. The number of fused-ring (bicyclic) bond motifs is 1. The third kappa shape index (κ3) is 5.36. The van der Waals surface area contributed by atoms with Crippen LogP contribution in [0.2, 0.25) is 0 Å². The molecule has 1 amide bonds. The van der Waals surface area contributed by atoms with Crippen LogP contribution < -0.4 is 20.7 Å². The smallest absolute Gasteiger partial charge is 0.251 e. The molecule has 0 saturated heterocycles. The fourth-order valence-electron chi connectivity index (χ4n) is 4.11. The maximum absolute atomic E-state index is 12.4. The Bertz CT molecular complexity index is 1290. The van der Waals surface area contributed by atoms with Crippen molar-refractivity contribution >= 4 is 34.5 Å². The SMILES string of the molecule is CN/C(=C1\C(=N)CCc2cnc(Nc3ccc(C(=O)NCCOC)cc3OC)nc21)c1ccccc1. The van der Waals surface area contributed by atoms with Gasteiger partial charge in [-0.3, -0.25) is 4.79 Å². The highest BCUT2D eigenvalue weighted by molar-refractivity contribution is 6.29. The Morgan fingerprint density at radius 3 is 2.61 bits per heavy atom. The van der Waals surface area contributed by atoms with E-state index in [0.717, 1.165) is 28.1 Å². The van der Waals surface area contributed by atoms with Gasteiger partial charge in [0.1, 0.15) is 5.75 Å². The standard InChI is InChI=1S/C27H30N6O3/c1-29-24(17-7-5-4-6-8-17)23-20(28)11-9-19-16-31-27(33-25(19)23)32-21-12-10-18(15-22(21)36-3)26(34)30-13-14-35-2/h4-8,10,12,15-16,28-29H,9,11,13-14H2,1-3H3,(H,30,34)(H,31,32,33)/b24-23+,28-20?. The van der Waals surface area contributed by atoms with Gasteiger partial charge in [0.15, 0.2) is 0 Å². The van der Waals surface area contributed by atoms with Crippen molar-refractivity contribution in [1.82, 2.24) is 20.6 Å². The Morgan fingerprint density at radius 2 is 1.89 bits per heavy atom. The van der Waals surface area contributed by atoms with E-state index >= 15 is 0 Å². The summed E-state index contributed by atoms with van der Waals surface area (Å²) < 4.78 is 10.5. The molecule has 1 aliphatic carbocycles. The van der Waals surface area contributed by atoms with Crippen molar-refractivity contribution in [2.75, 3.05) is 39.7 Å². The Morgan fingerprint density at radius 1 is 1.08 bits per heavy atom. The number of hydrogen-bond acceptors (Lipinski definition) is 8. The average Bonchev–Trinajstić information content (AvgIpc) is 2.91. The first-order valence-electron chi connectivity index (χ1n) is 11.7. The van der Waals surface area contributed by atoms with Crippen LogP contribution in [0.1, 0.15) is 33.6 Å². The van der Waals surface area contributed by atoms with E-state index < -0.39 is 0 Å². The summed E-state index contributed by atoms with van der Waals surface area (Å²) in [6.45, 7) is 0.856. The molecule has 0 spiro atoms. The van der Waals surface area contributed by atoms with E-state index in [1.807, 2.05) is 37.4 Å². The van der Waals surface area contributed by atoms with E-state index in [1.54, 1.807) is 38.6 Å². The number of methoxy groups -OCH3 is 2. The molecule has 3 aromatic rings. The number of nitrogens with one attached hydrogen (secondary N) is 4. The highest BCUT2D eigenvalue weighted by atomic mass is 16.5. The van der Waals surface area contributed by atoms with Crippen LogP contribution in [0, 0.1) is 5.41 Å². The number of allylic oxidation sites excluding steroid dienone is 1. The summed E-state index contributed by atoms with van der Waals surface area (Å²) in [6.07, 6.45) is 3.14. The van der Waals surface area contributed by atoms with Gasteiger partial charge >= 0.3 is 0 Å². The summed E-state index contributed by atoms with van der Waals surface area (Å²) >= 11 is 0. The largest absolute Gasteiger partial charge is 0.495 e. The summed E-state index contributed by atoms with van der Waals surface area (Å²) in [5.41, 5.74) is 5.95. The van der Waals surface area contributed by atoms with Crippen molar-refractivity contribution in [2.45, 2.75) is 12.8 Å². The molecule has 0 unspecified atom stereocenters. The second-order valence-corrected chi connectivity index (χ2v) is 8.20.